The molecule has 8 heteroatoms. The summed E-state index contributed by atoms with van der Waals surface area (Å²) in [5, 5.41) is 3.46. The predicted octanol–water partition coefficient (Wildman–Crippen LogP) is 0.947. The Hall–Kier alpha value is -2.55. The van der Waals surface area contributed by atoms with Crippen molar-refractivity contribution in [3.63, 3.8) is 0 Å². The molecule has 4 rings (SSSR count). The summed E-state index contributed by atoms with van der Waals surface area (Å²) in [4.78, 5) is 35.4. The molecule has 0 aliphatic carbocycles. The van der Waals surface area contributed by atoms with Gasteiger partial charge >= 0.3 is 0 Å². The number of fused-ring (bicyclic) bond motifs is 1. The fourth-order valence-electron chi connectivity index (χ4n) is 3.53. The summed E-state index contributed by atoms with van der Waals surface area (Å²) in [6.07, 6.45) is 0. The van der Waals surface area contributed by atoms with E-state index in [1.807, 2.05) is 38.1 Å². The first kappa shape index (κ1) is 19.8. The number of carbonyl (C=O) groups excluding carboxylic acids is 1. The lowest BCUT2D eigenvalue weighted by atomic mass is 10.1. The van der Waals surface area contributed by atoms with Crippen LogP contribution in [0.15, 0.2) is 29.1 Å². The van der Waals surface area contributed by atoms with Crippen LogP contribution < -0.4 is 15.8 Å². The maximum Gasteiger partial charge on any atom is 0.261 e. The molecule has 0 atom stereocenters. The van der Waals surface area contributed by atoms with Crippen LogP contribution in [-0.4, -0.2) is 42.2 Å². The number of aryl methyl sites for hydroxylation is 2. The van der Waals surface area contributed by atoms with E-state index in [2.05, 4.69) is 15.3 Å². The van der Waals surface area contributed by atoms with Crippen LogP contribution in [0.5, 0.6) is 0 Å². The van der Waals surface area contributed by atoms with Gasteiger partial charge in [0.05, 0.1) is 23.5 Å². The van der Waals surface area contributed by atoms with Crippen molar-refractivity contribution in [3.05, 3.63) is 62.0 Å². The van der Waals surface area contributed by atoms with E-state index < -0.39 is 0 Å². The van der Waals surface area contributed by atoms with Gasteiger partial charge in [0.1, 0.15) is 24.5 Å². The first-order valence-electron chi connectivity index (χ1n) is 9.78. The fraction of sp³-hybridized carbons (Fsp3) is 0.381. The van der Waals surface area contributed by atoms with Crippen molar-refractivity contribution >= 4 is 27.5 Å². The summed E-state index contributed by atoms with van der Waals surface area (Å²) in [5.41, 5.74) is 2.73. The molecule has 1 amide bonds. The molecule has 0 radical (unpaired) electrons. The van der Waals surface area contributed by atoms with Crippen LogP contribution in [0.4, 0.5) is 0 Å². The number of thiophene rings is 1. The summed E-state index contributed by atoms with van der Waals surface area (Å²) >= 11 is 1.28. The zero-order valence-corrected chi connectivity index (χ0v) is 17.4. The van der Waals surface area contributed by atoms with Crippen molar-refractivity contribution in [2.45, 2.75) is 26.9 Å². The minimum Gasteiger partial charge on any atom is -0.370 e. The van der Waals surface area contributed by atoms with Gasteiger partial charge in [0.15, 0.2) is 5.82 Å². The number of nitrogens with one attached hydrogen (secondary N) is 3. The maximum absolute atomic E-state index is 12.7. The summed E-state index contributed by atoms with van der Waals surface area (Å²) in [6, 6.07) is 8.04. The Balaban J connectivity index is 1.54. The molecule has 3 N–H and O–H groups in total. The Morgan fingerprint density at radius 2 is 1.97 bits per heavy atom. The third kappa shape index (κ3) is 4.39. The fourth-order valence-corrected chi connectivity index (χ4v) is 4.65. The van der Waals surface area contributed by atoms with Gasteiger partial charge in [-0.1, -0.05) is 29.8 Å². The van der Waals surface area contributed by atoms with Crippen molar-refractivity contribution in [2.75, 3.05) is 26.3 Å². The number of amides is 1. The van der Waals surface area contributed by atoms with Gasteiger partial charge in [-0.05, 0) is 25.0 Å². The number of nitrogens with zero attached hydrogens (tertiary/aromatic N) is 1. The zero-order valence-electron chi connectivity index (χ0n) is 16.6. The lowest BCUT2D eigenvalue weighted by Crippen LogP contribution is -3.12. The zero-order chi connectivity index (χ0) is 20.4. The molecular weight excluding hydrogens is 388 g/mol. The average Bonchev–Trinajstić information content (AvgIpc) is 3.05. The van der Waals surface area contributed by atoms with Crippen molar-refractivity contribution in [1.29, 1.82) is 0 Å². The SMILES string of the molecule is Cc1ccc(CNC(=O)c2sc3nc(C[NH+]4CCOCC4)[nH]c(=O)c3c2C)cc1. The van der Waals surface area contributed by atoms with E-state index in [-0.39, 0.29) is 11.5 Å². The first-order valence-corrected chi connectivity index (χ1v) is 10.6. The Labute approximate surface area is 172 Å². The van der Waals surface area contributed by atoms with Gasteiger partial charge in [-0.25, -0.2) is 4.98 Å². The molecule has 29 heavy (non-hydrogen) atoms. The number of morpholine rings is 1. The molecule has 1 fully saturated rings. The molecule has 1 aliphatic rings. The summed E-state index contributed by atoms with van der Waals surface area (Å²) in [5.74, 6) is 0.484. The number of quaternary nitrogens is 1. The van der Waals surface area contributed by atoms with E-state index in [0.717, 1.165) is 31.9 Å². The van der Waals surface area contributed by atoms with Gasteiger partial charge in [0, 0.05) is 6.54 Å². The molecule has 0 spiro atoms. The summed E-state index contributed by atoms with van der Waals surface area (Å²) in [7, 11) is 0. The maximum atomic E-state index is 12.7. The van der Waals surface area contributed by atoms with Gasteiger partial charge in [0.25, 0.3) is 11.5 Å². The monoisotopic (exact) mass is 413 g/mol. The van der Waals surface area contributed by atoms with E-state index in [4.69, 9.17) is 4.74 Å². The van der Waals surface area contributed by atoms with Crippen LogP contribution in [0.2, 0.25) is 0 Å². The van der Waals surface area contributed by atoms with E-state index in [1.165, 1.54) is 21.8 Å². The minimum atomic E-state index is -0.177. The highest BCUT2D eigenvalue weighted by Gasteiger charge is 2.21. The summed E-state index contributed by atoms with van der Waals surface area (Å²) < 4.78 is 5.38. The number of aromatic nitrogens is 2. The van der Waals surface area contributed by atoms with E-state index >= 15 is 0 Å². The Morgan fingerprint density at radius 3 is 2.69 bits per heavy atom. The van der Waals surface area contributed by atoms with Gasteiger partial charge in [-0.2, -0.15) is 0 Å². The van der Waals surface area contributed by atoms with Crippen LogP contribution in [0, 0.1) is 13.8 Å². The smallest absolute Gasteiger partial charge is 0.261 e. The lowest BCUT2D eigenvalue weighted by molar-refractivity contribution is -0.922. The Kier molecular flexibility index (Phi) is 5.75. The largest absolute Gasteiger partial charge is 0.370 e. The van der Waals surface area contributed by atoms with E-state index in [9.17, 15) is 9.59 Å². The average molecular weight is 414 g/mol. The van der Waals surface area contributed by atoms with Gasteiger partial charge in [-0.15, -0.1) is 11.3 Å². The molecule has 7 nitrogen and oxygen atoms in total. The van der Waals surface area contributed by atoms with Gasteiger partial charge in [-0.3, -0.25) is 9.59 Å². The number of hydrogen-bond donors (Lipinski definition) is 3. The third-order valence-electron chi connectivity index (χ3n) is 5.25. The van der Waals surface area contributed by atoms with Crippen LogP contribution in [0.25, 0.3) is 10.2 Å². The molecule has 1 aromatic carbocycles. The molecule has 2 aromatic heterocycles. The quantitative estimate of drug-likeness (QED) is 0.581. The van der Waals surface area contributed by atoms with E-state index in [0.29, 0.717) is 39.6 Å². The number of benzene rings is 1. The van der Waals surface area contributed by atoms with Crippen LogP contribution in [0.3, 0.4) is 0 Å². The second-order valence-electron chi connectivity index (χ2n) is 7.46. The number of hydrogen-bond acceptors (Lipinski definition) is 5. The second-order valence-corrected chi connectivity index (χ2v) is 8.46. The second kappa shape index (κ2) is 8.44. The van der Waals surface area contributed by atoms with E-state index in [1.54, 1.807) is 0 Å². The molecule has 3 heterocycles. The van der Waals surface area contributed by atoms with Gasteiger partial charge < -0.3 is 19.9 Å². The Morgan fingerprint density at radius 1 is 1.24 bits per heavy atom. The highest BCUT2D eigenvalue weighted by Crippen LogP contribution is 2.26. The molecule has 1 aliphatic heterocycles. The van der Waals surface area contributed by atoms with Crippen LogP contribution >= 0.6 is 11.3 Å². The highest BCUT2D eigenvalue weighted by molar-refractivity contribution is 7.20. The van der Waals surface area contributed by atoms with Crippen LogP contribution in [0.1, 0.15) is 32.2 Å². The normalized spacial score (nSPS) is 15.0. The van der Waals surface area contributed by atoms with Crippen molar-refractivity contribution in [1.82, 2.24) is 15.3 Å². The number of rotatable bonds is 5. The Bertz CT molecular complexity index is 1080. The van der Waals surface area contributed by atoms with Crippen molar-refractivity contribution in [2.24, 2.45) is 0 Å². The first-order chi connectivity index (χ1) is 14.0. The number of ether oxygens (including phenoxy) is 1. The molecule has 1 saturated heterocycles. The standard InChI is InChI=1S/C21H24N4O3S/c1-13-3-5-15(6-4-13)11-22-20(27)18-14(2)17-19(26)23-16(24-21(17)29-18)12-25-7-9-28-10-8-25/h3-6H,7-12H2,1-2H3,(H,22,27)(H,23,24,26)/p+1. The number of H-pyrrole nitrogens is 1. The molecule has 0 unspecified atom stereocenters. The van der Waals surface area contributed by atoms with Gasteiger partial charge in [0.2, 0.25) is 0 Å². The number of aromatic amines is 1. The topological polar surface area (TPSA) is 88.5 Å². The highest BCUT2D eigenvalue weighted by atomic mass is 32.1. The molecule has 3 aromatic rings. The molecule has 0 bridgehead atoms. The predicted molar refractivity (Wildman–Crippen MR) is 113 cm³/mol. The lowest BCUT2D eigenvalue weighted by Gasteiger charge is -2.22. The minimum absolute atomic E-state index is 0.175. The number of carbonyl (C=O) groups is 1. The molecule has 152 valence electrons. The van der Waals surface area contributed by atoms with Crippen molar-refractivity contribution < 1.29 is 14.4 Å². The molecular formula is C21H25N4O3S+. The molecule has 0 saturated carbocycles. The van der Waals surface area contributed by atoms with Crippen molar-refractivity contribution in [3.8, 4) is 0 Å². The summed E-state index contributed by atoms with van der Waals surface area (Å²) in [6.45, 7) is 8.20. The van der Waals surface area contributed by atoms with Crippen LogP contribution in [-0.2, 0) is 17.8 Å². The third-order valence-corrected chi connectivity index (χ3v) is 6.43.